The summed E-state index contributed by atoms with van der Waals surface area (Å²) in [6.45, 7) is 4.48. The Labute approximate surface area is 170 Å². The summed E-state index contributed by atoms with van der Waals surface area (Å²) in [7, 11) is 0. The third-order valence-electron chi connectivity index (χ3n) is 5.20. The minimum absolute atomic E-state index is 0.0220. The zero-order chi connectivity index (χ0) is 20.1. The van der Waals surface area contributed by atoms with Gasteiger partial charge in [0.2, 0.25) is 5.95 Å². The number of aromatic nitrogens is 3. The number of nitrogens with one attached hydrogen (secondary N) is 1. The van der Waals surface area contributed by atoms with Crippen LogP contribution >= 0.6 is 0 Å². The molecule has 29 heavy (non-hydrogen) atoms. The van der Waals surface area contributed by atoms with Crippen LogP contribution in [0.15, 0.2) is 48.8 Å². The van der Waals surface area contributed by atoms with Gasteiger partial charge in [-0.05, 0) is 31.4 Å². The Balaban J connectivity index is 1.46. The highest BCUT2D eigenvalue weighted by Crippen LogP contribution is 2.28. The van der Waals surface area contributed by atoms with Crippen molar-refractivity contribution in [1.82, 2.24) is 15.0 Å². The Morgan fingerprint density at radius 3 is 2.72 bits per heavy atom. The SMILES string of the molecule is CCOC(=O)C1CCN(c2nccc3nc(NCc4ccccc4)ncc23)CC1. The first-order chi connectivity index (χ1) is 14.2. The summed E-state index contributed by atoms with van der Waals surface area (Å²) in [5, 5.41) is 4.20. The average Bonchev–Trinajstić information content (AvgIpc) is 2.78. The van der Waals surface area contributed by atoms with Gasteiger partial charge >= 0.3 is 5.97 Å². The number of benzene rings is 1. The first kappa shape index (κ1) is 19.1. The van der Waals surface area contributed by atoms with Crippen LogP contribution in [-0.2, 0) is 16.1 Å². The molecular formula is C22H25N5O2. The van der Waals surface area contributed by atoms with Crippen LogP contribution in [0.25, 0.3) is 10.9 Å². The van der Waals surface area contributed by atoms with Crippen molar-refractivity contribution in [1.29, 1.82) is 0 Å². The highest BCUT2D eigenvalue weighted by Gasteiger charge is 2.27. The molecule has 0 spiro atoms. The van der Waals surface area contributed by atoms with Crippen molar-refractivity contribution >= 4 is 28.6 Å². The lowest BCUT2D eigenvalue weighted by Crippen LogP contribution is -2.37. The molecule has 3 heterocycles. The fourth-order valence-electron chi connectivity index (χ4n) is 3.64. The Kier molecular flexibility index (Phi) is 5.84. The average molecular weight is 391 g/mol. The fourth-order valence-corrected chi connectivity index (χ4v) is 3.64. The molecule has 2 aromatic heterocycles. The minimum Gasteiger partial charge on any atom is -0.466 e. The molecule has 0 atom stereocenters. The van der Waals surface area contributed by atoms with Crippen LogP contribution in [0.4, 0.5) is 11.8 Å². The van der Waals surface area contributed by atoms with Gasteiger partial charge in [0.15, 0.2) is 0 Å². The van der Waals surface area contributed by atoms with E-state index >= 15 is 0 Å². The van der Waals surface area contributed by atoms with Crippen LogP contribution in [0.5, 0.6) is 0 Å². The third kappa shape index (κ3) is 4.45. The van der Waals surface area contributed by atoms with Crippen molar-refractivity contribution < 1.29 is 9.53 Å². The van der Waals surface area contributed by atoms with Crippen LogP contribution in [0.2, 0.25) is 0 Å². The Hall–Kier alpha value is -3.22. The third-order valence-corrected chi connectivity index (χ3v) is 5.20. The van der Waals surface area contributed by atoms with E-state index in [1.807, 2.05) is 37.4 Å². The first-order valence-corrected chi connectivity index (χ1v) is 10.1. The van der Waals surface area contributed by atoms with Gasteiger partial charge in [0, 0.05) is 32.0 Å². The predicted octanol–water partition coefficient (Wildman–Crippen LogP) is 3.42. The number of piperidine rings is 1. The van der Waals surface area contributed by atoms with E-state index in [9.17, 15) is 4.79 Å². The van der Waals surface area contributed by atoms with Crippen molar-refractivity contribution in [3.63, 3.8) is 0 Å². The summed E-state index contributed by atoms with van der Waals surface area (Å²) in [6, 6.07) is 12.1. The lowest BCUT2D eigenvalue weighted by atomic mass is 9.97. The Morgan fingerprint density at radius 2 is 1.97 bits per heavy atom. The van der Waals surface area contributed by atoms with Crippen molar-refractivity contribution in [2.75, 3.05) is 29.9 Å². The molecule has 1 N–H and O–H groups in total. The molecule has 7 nitrogen and oxygen atoms in total. The van der Waals surface area contributed by atoms with Gasteiger partial charge in [-0.1, -0.05) is 30.3 Å². The second kappa shape index (κ2) is 8.86. The van der Waals surface area contributed by atoms with E-state index in [-0.39, 0.29) is 11.9 Å². The maximum absolute atomic E-state index is 12.0. The molecule has 1 saturated heterocycles. The van der Waals surface area contributed by atoms with Crippen molar-refractivity contribution in [3.8, 4) is 0 Å². The number of hydrogen-bond donors (Lipinski definition) is 1. The van der Waals surface area contributed by atoms with Gasteiger partial charge in [0.25, 0.3) is 0 Å². The van der Waals surface area contributed by atoms with Crippen LogP contribution in [0.1, 0.15) is 25.3 Å². The molecule has 1 fully saturated rings. The molecule has 0 amide bonds. The maximum atomic E-state index is 12.0. The summed E-state index contributed by atoms with van der Waals surface area (Å²) >= 11 is 0. The zero-order valence-electron chi connectivity index (χ0n) is 16.5. The van der Waals surface area contributed by atoms with E-state index in [0.717, 1.165) is 42.7 Å². The number of esters is 1. The van der Waals surface area contributed by atoms with Gasteiger partial charge in [0.05, 0.1) is 23.4 Å². The number of pyridine rings is 1. The van der Waals surface area contributed by atoms with Crippen LogP contribution in [-0.4, -0.2) is 40.6 Å². The molecule has 0 bridgehead atoms. The maximum Gasteiger partial charge on any atom is 0.309 e. The number of nitrogens with zero attached hydrogens (tertiary/aromatic N) is 4. The highest BCUT2D eigenvalue weighted by atomic mass is 16.5. The molecule has 7 heteroatoms. The largest absolute Gasteiger partial charge is 0.466 e. The molecule has 3 aromatic rings. The van der Waals surface area contributed by atoms with Crippen molar-refractivity contribution in [2.24, 2.45) is 5.92 Å². The normalized spacial score (nSPS) is 14.7. The van der Waals surface area contributed by atoms with E-state index in [4.69, 9.17) is 4.74 Å². The van der Waals surface area contributed by atoms with Gasteiger partial charge in [-0.3, -0.25) is 4.79 Å². The van der Waals surface area contributed by atoms with E-state index in [0.29, 0.717) is 19.1 Å². The molecule has 0 aliphatic carbocycles. The molecule has 0 saturated carbocycles. The number of ether oxygens (including phenoxy) is 1. The molecule has 4 rings (SSSR count). The predicted molar refractivity (Wildman–Crippen MR) is 113 cm³/mol. The van der Waals surface area contributed by atoms with Gasteiger partial charge < -0.3 is 15.0 Å². The number of rotatable bonds is 6. The zero-order valence-corrected chi connectivity index (χ0v) is 16.5. The Bertz CT molecular complexity index is 971. The van der Waals surface area contributed by atoms with Crippen LogP contribution < -0.4 is 10.2 Å². The van der Waals surface area contributed by atoms with Gasteiger partial charge in [0.1, 0.15) is 5.82 Å². The quantitative estimate of drug-likeness (QED) is 0.645. The second-order valence-corrected chi connectivity index (χ2v) is 7.11. The van der Waals surface area contributed by atoms with E-state index < -0.39 is 0 Å². The molecule has 0 radical (unpaired) electrons. The van der Waals surface area contributed by atoms with E-state index in [1.165, 1.54) is 5.56 Å². The topological polar surface area (TPSA) is 80.2 Å². The lowest BCUT2D eigenvalue weighted by molar-refractivity contribution is -0.148. The standard InChI is InChI=1S/C22H25N5O2/c1-2-29-21(28)17-9-12-27(13-10-17)20-18-15-25-22(26-19(18)8-11-23-20)24-14-16-6-4-3-5-7-16/h3-8,11,15,17H,2,9-10,12-14H2,1H3,(H,24,25,26). The van der Waals surface area contributed by atoms with Gasteiger partial charge in [-0.2, -0.15) is 0 Å². The second-order valence-electron chi connectivity index (χ2n) is 7.11. The lowest BCUT2D eigenvalue weighted by Gasteiger charge is -2.32. The summed E-state index contributed by atoms with van der Waals surface area (Å²) in [5.74, 6) is 1.36. The van der Waals surface area contributed by atoms with Crippen LogP contribution in [0.3, 0.4) is 0 Å². The molecule has 0 unspecified atom stereocenters. The summed E-state index contributed by atoms with van der Waals surface area (Å²) < 4.78 is 5.16. The number of carbonyl (C=O) groups excluding carboxylic acids is 1. The number of carbonyl (C=O) groups is 1. The highest BCUT2D eigenvalue weighted by molar-refractivity contribution is 5.89. The van der Waals surface area contributed by atoms with Crippen molar-refractivity contribution in [2.45, 2.75) is 26.3 Å². The van der Waals surface area contributed by atoms with Gasteiger partial charge in [-0.25, -0.2) is 15.0 Å². The smallest absolute Gasteiger partial charge is 0.309 e. The van der Waals surface area contributed by atoms with Crippen LogP contribution in [0, 0.1) is 5.92 Å². The molecule has 1 aliphatic heterocycles. The fraction of sp³-hybridized carbons (Fsp3) is 0.364. The summed E-state index contributed by atoms with van der Waals surface area (Å²) in [5.41, 5.74) is 2.03. The molecule has 1 aromatic carbocycles. The monoisotopic (exact) mass is 391 g/mol. The summed E-state index contributed by atoms with van der Waals surface area (Å²) in [4.78, 5) is 27.9. The van der Waals surface area contributed by atoms with E-state index in [2.05, 4.69) is 37.3 Å². The number of hydrogen-bond acceptors (Lipinski definition) is 7. The Morgan fingerprint density at radius 1 is 1.17 bits per heavy atom. The summed E-state index contributed by atoms with van der Waals surface area (Å²) in [6.07, 6.45) is 5.15. The van der Waals surface area contributed by atoms with E-state index in [1.54, 1.807) is 6.20 Å². The number of fused-ring (bicyclic) bond motifs is 1. The minimum atomic E-state index is -0.0875. The van der Waals surface area contributed by atoms with Gasteiger partial charge in [-0.15, -0.1) is 0 Å². The van der Waals surface area contributed by atoms with Crippen molar-refractivity contribution in [3.05, 3.63) is 54.4 Å². The molecular weight excluding hydrogens is 366 g/mol. The molecule has 1 aliphatic rings. The first-order valence-electron chi connectivity index (χ1n) is 10.1. The molecule has 150 valence electrons. The number of anilines is 2.